The maximum Gasteiger partial charge on any atom is 0.673 e. The van der Waals surface area contributed by atoms with Crippen molar-refractivity contribution in [1.82, 2.24) is 9.80 Å². The normalized spacial score (nSPS) is 17.3. The first-order valence-corrected chi connectivity index (χ1v) is 24.8. The van der Waals surface area contributed by atoms with Crippen LogP contribution in [0.15, 0.2) is 73.3 Å². The summed E-state index contributed by atoms with van der Waals surface area (Å²) in [5.74, 6) is 0.924. The molecule has 3 aromatic rings. The minimum Gasteiger partial charge on any atom is -0.505 e. The van der Waals surface area contributed by atoms with Gasteiger partial charge in [0.25, 0.3) is 0 Å². The molecule has 0 bridgehead atoms. The molecule has 2 heterocycles. The van der Waals surface area contributed by atoms with E-state index in [1.165, 1.54) is 122 Å². The average Bonchev–Trinajstić information content (AvgIpc) is 3.64. The third kappa shape index (κ3) is 17.4. The van der Waals surface area contributed by atoms with Crippen molar-refractivity contribution in [2.75, 3.05) is 9.80 Å². The van der Waals surface area contributed by atoms with Crippen molar-refractivity contribution in [1.29, 1.82) is 0 Å². The van der Waals surface area contributed by atoms with Crippen molar-refractivity contribution in [2.45, 2.75) is 158 Å². The molecular weight excluding hydrogens is 884 g/mol. The summed E-state index contributed by atoms with van der Waals surface area (Å²) in [4.78, 5) is 9.47. The number of benzene rings is 3. The van der Waals surface area contributed by atoms with E-state index in [1.807, 2.05) is 42.7 Å². The first kappa shape index (κ1) is 52.1. The molecule has 0 amide bonds. The van der Waals surface area contributed by atoms with E-state index >= 15 is 0 Å². The van der Waals surface area contributed by atoms with E-state index in [0.29, 0.717) is 12.1 Å². The summed E-state index contributed by atoms with van der Waals surface area (Å²) in [6.45, 7) is 21.8. The fraction of sp³-hybridized carbons (Fsp3) is 0.490. The Hall–Kier alpha value is -3.29. The molecule has 341 valence electrons. The molecule has 2 saturated carbocycles. The van der Waals surface area contributed by atoms with Gasteiger partial charge in [-0.1, -0.05) is 94.2 Å². The van der Waals surface area contributed by atoms with Gasteiger partial charge in [0, 0.05) is 23.5 Å². The van der Waals surface area contributed by atoms with Gasteiger partial charge in [0.2, 0.25) is 0 Å². The number of para-hydroxylation sites is 1. The van der Waals surface area contributed by atoms with Gasteiger partial charge >= 0.3 is 97.5 Å². The van der Waals surface area contributed by atoms with Crippen molar-refractivity contribution in [2.24, 2.45) is 0 Å². The van der Waals surface area contributed by atoms with Gasteiger partial charge in [-0.05, 0) is 114 Å². The standard InChI is InChI=1S/2C19H27N2.C10H12O.CH4.BF4.ClH.Ru/c2*1-15-12-16(2)19(17(3)13-15)21-11-10-20(14-21)18-8-6-4-5-7-9-18;1-8(2)11-10-7-5-4-6-9(10)3;;2-1(3,4)5;;/h2*10-14,18H,4-9H2,1-3H3;3-8H,1-2H3;1H4;;1H;/q2*-1;;;-1;;+1/p-1. The van der Waals surface area contributed by atoms with Crippen molar-refractivity contribution in [3.8, 4) is 5.75 Å². The van der Waals surface area contributed by atoms with Crippen LogP contribution in [0.5, 0.6) is 5.75 Å². The van der Waals surface area contributed by atoms with Gasteiger partial charge in [0.1, 0.15) is 0 Å². The molecule has 2 aliphatic carbocycles. The molecule has 0 atom stereocenters. The first-order chi connectivity index (χ1) is 28.5. The number of nitrogens with zero attached hydrogens (tertiary/aromatic N) is 4. The van der Waals surface area contributed by atoms with E-state index in [4.69, 9.17) is 14.4 Å². The van der Waals surface area contributed by atoms with Crippen molar-refractivity contribution in [3.63, 3.8) is 0 Å². The number of ether oxygens (including phenoxy) is 1. The van der Waals surface area contributed by atoms with Crippen molar-refractivity contribution >= 4 is 32.9 Å². The maximum absolute atomic E-state index is 9.75. The van der Waals surface area contributed by atoms with Gasteiger partial charge in [0.15, 0.2) is 0 Å². The number of aryl methyl sites for hydroxylation is 6. The summed E-state index contributed by atoms with van der Waals surface area (Å²) in [5, 5.41) is 0. The second-order valence-corrected chi connectivity index (χ2v) is 18.5. The zero-order valence-corrected chi connectivity index (χ0v) is 39.4. The molecule has 0 unspecified atom stereocenters. The summed E-state index contributed by atoms with van der Waals surface area (Å²) >= 11 is -0.191. The Morgan fingerprint density at radius 2 is 1.00 bits per heavy atom. The third-order valence-corrected chi connectivity index (χ3v) is 12.2. The van der Waals surface area contributed by atoms with Crippen molar-refractivity contribution in [3.05, 3.63) is 126 Å². The molecule has 4 aliphatic rings. The van der Waals surface area contributed by atoms with E-state index in [2.05, 4.69) is 124 Å². The number of rotatable bonds is 7. The molecule has 5 nitrogen and oxygen atoms in total. The Kier molecular flexibility index (Phi) is 22.0. The van der Waals surface area contributed by atoms with E-state index in [0.717, 1.165) is 11.3 Å². The molecule has 61 heavy (non-hydrogen) atoms. The molecule has 3 aromatic carbocycles. The van der Waals surface area contributed by atoms with E-state index < -0.39 is 7.25 Å². The Morgan fingerprint density at radius 1 is 0.639 bits per heavy atom. The molecule has 0 saturated heterocycles. The van der Waals surface area contributed by atoms with Gasteiger partial charge in [0.05, 0.1) is 0 Å². The van der Waals surface area contributed by atoms with Crippen LogP contribution < -0.4 is 14.5 Å². The van der Waals surface area contributed by atoms with Crippen molar-refractivity contribution < 1.29 is 37.7 Å². The minimum absolute atomic E-state index is 0. The smallest absolute Gasteiger partial charge is 0.505 e. The minimum atomic E-state index is -6.00. The van der Waals surface area contributed by atoms with Gasteiger partial charge in [-0.15, -0.1) is 0 Å². The molecule has 2 fully saturated rings. The van der Waals surface area contributed by atoms with E-state index in [-0.39, 0.29) is 29.2 Å². The van der Waals surface area contributed by atoms with Gasteiger partial charge < -0.3 is 36.9 Å². The Morgan fingerprint density at radius 3 is 1.34 bits per heavy atom. The summed E-state index contributed by atoms with van der Waals surface area (Å²) in [6, 6.07) is 18.5. The molecular formula is C49H70BClF4N4ORu-3. The van der Waals surface area contributed by atoms with Crippen LogP contribution in [0.3, 0.4) is 0 Å². The predicted octanol–water partition coefficient (Wildman–Crippen LogP) is 14.9. The van der Waals surface area contributed by atoms with E-state index in [9.17, 15) is 17.3 Å². The van der Waals surface area contributed by atoms with Crippen LogP contribution >= 0.6 is 9.69 Å². The van der Waals surface area contributed by atoms with Crippen LogP contribution in [-0.4, -0.2) is 39.9 Å². The zero-order chi connectivity index (χ0) is 43.8. The fourth-order valence-corrected chi connectivity index (χ4v) is 9.78. The van der Waals surface area contributed by atoms with E-state index in [1.54, 1.807) is 0 Å². The summed E-state index contributed by atoms with van der Waals surface area (Å²) in [7, 11) is -0.277. The van der Waals surface area contributed by atoms with Crippen LogP contribution in [0.25, 0.3) is 0 Å². The first-order valence-electron chi connectivity index (χ1n) is 21.6. The predicted molar refractivity (Wildman–Crippen MR) is 250 cm³/mol. The SMILES string of the molecule is C.CC(C)Oc1ccccc1[CH]=[Ru][Cl].Cc1cc(C)c(N2C=CN(C3CCCCCC3)[CH-]2)c(C)c1.Cc1cc(C)c(N2C=CN(C3CCCCCC3)[CH-]2)c(C)c1.F[B-](F)(F)F. The van der Waals surface area contributed by atoms with Crippen LogP contribution in [0.4, 0.5) is 28.6 Å². The largest absolute Gasteiger partial charge is 0.673 e. The molecule has 0 N–H and O–H groups in total. The monoisotopic (exact) mass is 954 g/mol. The Labute approximate surface area is 377 Å². The van der Waals surface area contributed by atoms with Crippen LogP contribution in [-0.2, 0) is 15.7 Å². The van der Waals surface area contributed by atoms with Gasteiger partial charge in [-0.25, -0.2) is 0 Å². The summed E-state index contributed by atoms with van der Waals surface area (Å²) in [6.07, 6.45) is 25.7. The van der Waals surface area contributed by atoms with Gasteiger partial charge in [-0.3, -0.25) is 0 Å². The Balaban J connectivity index is 0.000000235. The molecule has 0 spiro atoms. The summed E-state index contributed by atoms with van der Waals surface area (Å²) < 4.78 is 46.7. The number of halogens is 5. The topological polar surface area (TPSA) is 22.2 Å². The third-order valence-electron chi connectivity index (χ3n) is 11.0. The maximum atomic E-state index is 9.75. The second-order valence-electron chi connectivity index (χ2n) is 16.7. The molecule has 0 aromatic heterocycles. The average molecular weight is 954 g/mol. The number of anilines is 2. The number of hydrogen-bond donors (Lipinski definition) is 0. The fourth-order valence-electron chi connectivity index (χ4n) is 8.67. The van der Waals surface area contributed by atoms with Crippen LogP contribution in [0.2, 0.25) is 0 Å². The molecule has 12 heteroatoms. The molecule has 2 aliphatic heterocycles. The second kappa shape index (κ2) is 25.7. The van der Waals surface area contributed by atoms with Crippen LogP contribution in [0.1, 0.15) is 137 Å². The molecule has 7 rings (SSSR count). The summed E-state index contributed by atoms with van der Waals surface area (Å²) in [5.41, 5.74) is 11.9. The zero-order valence-electron chi connectivity index (χ0n) is 36.9. The molecule has 0 radical (unpaired) electrons. The quantitative estimate of drug-likeness (QED) is 0.102. The Bertz CT molecular complexity index is 1720. The number of hydrogen-bond acceptors (Lipinski definition) is 5. The van der Waals surface area contributed by atoms with Gasteiger partial charge in [-0.2, -0.15) is 13.3 Å². The van der Waals surface area contributed by atoms with Crippen LogP contribution in [0, 0.1) is 54.9 Å².